The van der Waals surface area contributed by atoms with Crippen molar-refractivity contribution in [3.63, 3.8) is 0 Å². The Bertz CT molecular complexity index is 445. The molecule has 0 amide bonds. The molecule has 1 aliphatic carbocycles. The van der Waals surface area contributed by atoms with E-state index in [1.807, 2.05) is 0 Å². The lowest BCUT2D eigenvalue weighted by Crippen LogP contribution is -2.26. The van der Waals surface area contributed by atoms with Crippen LogP contribution in [0.3, 0.4) is 0 Å². The first-order valence-electron chi connectivity index (χ1n) is 7.59. The van der Waals surface area contributed by atoms with Gasteiger partial charge in [0, 0.05) is 17.8 Å². The van der Waals surface area contributed by atoms with Crippen molar-refractivity contribution in [2.45, 2.75) is 58.1 Å². The van der Waals surface area contributed by atoms with Crippen molar-refractivity contribution in [2.75, 3.05) is 5.32 Å². The van der Waals surface area contributed by atoms with Gasteiger partial charge in [-0.25, -0.2) is 4.39 Å². The van der Waals surface area contributed by atoms with Crippen LogP contribution in [-0.2, 0) is 0 Å². The van der Waals surface area contributed by atoms with Gasteiger partial charge in [-0.3, -0.25) is 0 Å². The molecule has 2 nitrogen and oxygen atoms in total. The summed E-state index contributed by atoms with van der Waals surface area (Å²) in [6, 6.07) is 4.38. The van der Waals surface area contributed by atoms with Crippen LogP contribution in [0.2, 0.25) is 0 Å². The molecule has 0 atom stereocenters. The highest BCUT2D eigenvalue weighted by molar-refractivity contribution is 5.48. The Hall–Kier alpha value is -1.39. The van der Waals surface area contributed by atoms with E-state index in [0.29, 0.717) is 11.7 Å². The Kier molecular flexibility index (Phi) is 5.76. The van der Waals surface area contributed by atoms with Gasteiger partial charge in [0.05, 0.1) is 0 Å². The van der Waals surface area contributed by atoms with E-state index in [1.165, 1.54) is 37.8 Å². The maximum Gasteiger partial charge on any atom is 0.387 e. The standard InChI is InChI=1S/C16H22F3NO/c1-2-3-11-4-6-12(7-5-11)20-13-8-9-15(14(17)10-13)21-16(18)19/h8-12,16,20H,2-7H2,1H3. The molecule has 118 valence electrons. The van der Waals surface area contributed by atoms with Crippen LogP contribution in [0, 0.1) is 11.7 Å². The first kappa shape index (κ1) is 16.0. The minimum Gasteiger partial charge on any atom is -0.432 e. The molecule has 0 aromatic heterocycles. The third-order valence-electron chi connectivity index (χ3n) is 4.06. The summed E-state index contributed by atoms with van der Waals surface area (Å²) in [6.07, 6.45) is 7.03. The van der Waals surface area contributed by atoms with E-state index in [-0.39, 0.29) is 0 Å². The number of ether oxygens (including phenoxy) is 1. The van der Waals surface area contributed by atoms with Gasteiger partial charge in [-0.2, -0.15) is 8.78 Å². The maximum absolute atomic E-state index is 13.6. The van der Waals surface area contributed by atoms with Gasteiger partial charge in [-0.05, 0) is 43.7 Å². The van der Waals surface area contributed by atoms with Crippen molar-refractivity contribution in [3.8, 4) is 5.75 Å². The highest BCUT2D eigenvalue weighted by atomic mass is 19.3. The lowest BCUT2D eigenvalue weighted by molar-refractivity contribution is -0.0521. The average Bonchev–Trinajstić information content (AvgIpc) is 2.44. The lowest BCUT2D eigenvalue weighted by atomic mass is 9.83. The number of rotatable bonds is 6. The molecule has 2 rings (SSSR count). The minimum absolute atomic E-state index is 0.333. The van der Waals surface area contributed by atoms with Crippen LogP contribution >= 0.6 is 0 Å². The van der Waals surface area contributed by atoms with Gasteiger partial charge >= 0.3 is 6.61 Å². The molecule has 1 aromatic carbocycles. The number of halogens is 3. The molecule has 1 fully saturated rings. The maximum atomic E-state index is 13.6. The van der Waals surface area contributed by atoms with Crippen LogP contribution in [0.5, 0.6) is 5.75 Å². The van der Waals surface area contributed by atoms with Crippen LogP contribution in [0.15, 0.2) is 18.2 Å². The van der Waals surface area contributed by atoms with E-state index in [9.17, 15) is 13.2 Å². The Morgan fingerprint density at radius 1 is 1.24 bits per heavy atom. The molecule has 21 heavy (non-hydrogen) atoms. The summed E-state index contributed by atoms with van der Waals surface area (Å²) >= 11 is 0. The highest BCUT2D eigenvalue weighted by Gasteiger charge is 2.20. The molecule has 1 saturated carbocycles. The quantitative estimate of drug-likeness (QED) is 0.780. The Labute approximate surface area is 123 Å². The molecule has 0 saturated heterocycles. The van der Waals surface area contributed by atoms with Crippen molar-refractivity contribution in [1.82, 2.24) is 0 Å². The number of hydrogen-bond donors (Lipinski definition) is 1. The fourth-order valence-corrected chi connectivity index (χ4v) is 3.02. The molecule has 1 N–H and O–H groups in total. The zero-order valence-electron chi connectivity index (χ0n) is 12.2. The molecule has 0 aliphatic heterocycles. The fraction of sp³-hybridized carbons (Fsp3) is 0.625. The molecule has 0 heterocycles. The predicted octanol–water partition coefficient (Wildman–Crippen LogP) is 5.20. The molecule has 1 aromatic rings. The Morgan fingerprint density at radius 3 is 2.52 bits per heavy atom. The SMILES string of the molecule is CCCC1CCC(Nc2ccc(OC(F)F)c(F)c2)CC1. The topological polar surface area (TPSA) is 21.3 Å². The highest BCUT2D eigenvalue weighted by Crippen LogP contribution is 2.30. The van der Waals surface area contributed by atoms with Gasteiger partial charge in [0.1, 0.15) is 0 Å². The number of benzene rings is 1. The summed E-state index contributed by atoms with van der Waals surface area (Å²) in [4.78, 5) is 0. The van der Waals surface area contributed by atoms with Gasteiger partial charge in [0.25, 0.3) is 0 Å². The van der Waals surface area contributed by atoms with Gasteiger partial charge in [-0.1, -0.05) is 19.8 Å². The Morgan fingerprint density at radius 2 is 1.95 bits per heavy atom. The van der Waals surface area contributed by atoms with Gasteiger partial charge in [-0.15, -0.1) is 0 Å². The largest absolute Gasteiger partial charge is 0.432 e. The molecular weight excluding hydrogens is 279 g/mol. The normalized spacial score (nSPS) is 22.3. The summed E-state index contributed by atoms with van der Waals surface area (Å²) in [5.74, 6) is -0.367. The second-order valence-electron chi connectivity index (χ2n) is 5.67. The van der Waals surface area contributed by atoms with Crippen molar-refractivity contribution < 1.29 is 17.9 Å². The van der Waals surface area contributed by atoms with E-state index in [0.717, 1.165) is 18.8 Å². The zero-order valence-corrected chi connectivity index (χ0v) is 12.2. The molecule has 0 radical (unpaired) electrons. The van der Waals surface area contributed by atoms with Crippen molar-refractivity contribution in [2.24, 2.45) is 5.92 Å². The van der Waals surface area contributed by atoms with E-state index in [2.05, 4.69) is 17.0 Å². The first-order valence-corrected chi connectivity index (χ1v) is 7.59. The third-order valence-corrected chi connectivity index (χ3v) is 4.06. The molecule has 0 unspecified atom stereocenters. The van der Waals surface area contributed by atoms with Crippen LogP contribution in [0.4, 0.5) is 18.9 Å². The first-order chi connectivity index (χ1) is 10.1. The summed E-state index contributed by atoms with van der Waals surface area (Å²) in [5, 5.41) is 3.28. The van der Waals surface area contributed by atoms with Crippen molar-refractivity contribution >= 4 is 5.69 Å². The van der Waals surface area contributed by atoms with Crippen LogP contribution in [0.1, 0.15) is 45.4 Å². The smallest absolute Gasteiger partial charge is 0.387 e. The van der Waals surface area contributed by atoms with Gasteiger partial charge < -0.3 is 10.1 Å². The minimum atomic E-state index is -3.01. The Balaban J connectivity index is 1.88. The molecule has 5 heteroatoms. The van der Waals surface area contributed by atoms with Crippen LogP contribution in [-0.4, -0.2) is 12.7 Å². The fourth-order valence-electron chi connectivity index (χ4n) is 3.02. The van der Waals surface area contributed by atoms with Gasteiger partial charge in [0.2, 0.25) is 0 Å². The van der Waals surface area contributed by atoms with Crippen molar-refractivity contribution in [3.05, 3.63) is 24.0 Å². The molecule has 0 spiro atoms. The third kappa shape index (κ3) is 4.83. The van der Waals surface area contributed by atoms with Crippen LogP contribution < -0.4 is 10.1 Å². The lowest BCUT2D eigenvalue weighted by Gasteiger charge is -2.29. The predicted molar refractivity (Wildman–Crippen MR) is 77.3 cm³/mol. The van der Waals surface area contributed by atoms with E-state index < -0.39 is 18.2 Å². The van der Waals surface area contributed by atoms with Crippen molar-refractivity contribution in [1.29, 1.82) is 0 Å². The summed E-state index contributed by atoms with van der Waals surface area (Å²) in [5.41, 5.74) is 0.619. The second-order valence-corrected chi connectivity index (χ2v) is 5.67. The van der Waals surface area contributed by atoms with E-state index in [4.69, 9.17) is 0 Å². The zero-order chi connectivity index (χ0) is 15.2. The summed E-state index contributed by atoms with van der Waals surface area (Å²) < 4.78 is 41.9. The molecular formula is C16H22F3NO. The average molecular weight is 301 g/mol. The molecule has 0 bridgehead atoms. The summed E-state index contributed by atoms with van der Waals surface area (Å²) in [6.45, 7) is -0.803. The monoisotopic (exact) mass is 301 g/mol. The van der Waals surface area contributed by atoms with Gasteiger partial charge in [0.15, 0.2) is 11.6 Å². The summed E-state index contributed by atoms with van der Waals surface area (Å²) in [7, 11) is 0. The number of hydrogen-bond acceptors (Lipinski definition) is 2. The van der Waals surface area contributed by atoms with E-state index in [1.54, 1.807) is 6.07 Å². The van der Waals surface area contributed by atoms with Crippen LogP contribution in [0.25, 0.3) is 0 Å². The number of anilines is 1. The molecule has 1 aliphatic rings. The van der Waals surface area contributed by atoms with E-state index >= 15 is 0 Å². The number of alkyl halides is 2. The number of nitrogens with one attached hydrogen (secondary N) is 1. The second kappa shape index (κ2) is 7.57.